The maximum Gasteiger partial charge on any atom is 0.418 e. The van der Waals surface area contributed by atoms with Crippen molar-refractivity contribution in [2.45, 2.75) is 6.18 Å². The van der Waals surface area contributed by atoms with Crippen molar-refractivity contribution < 1.29 is 22.5 Å². The lowest BCUT2D eigenvalue weighted by atomic mass is 10.1. The second-order valence-electron chi connectivity index (χ2n) is 6.00. The van der Waals surface area contributed by atoms with Crippen LogP contribution in [0.3, 0.4) is 0 Å². The van der Waals surface area contributed by atoms with Crippen LogP contribution >= 0.6 is 11.6 Å². The zero-order valence-electron chi connectivity index (χ0n) is 13.8. The molecule has 0 N–H and O–H groups in total. The van der Waals surface area contributed by atoms with Gasteiger partial charge in [0, 0.05) is 32.2 Å². The fourth-order valence-corrected chi connectivity index (χ4v) is 3.33. The molecule has 0 aliphatic carbocycles. The van der Waals surface area contributed by atoms with Crippen molar-refractivity contribution in [1.82, 2.24) is 0 Å². The third-order valence-electron chi connectivity index (χ3n) is 4.38. The first-order chi connectivity index (χ1) is 12.7. The number of halogens is 5. The number of alkyl halides is 3. The Labute approximate surface area is 156 Å². The molecule has 2 aromatic rings. The van der Waals surface area contributed by atoms with Crippen LogP contribution in [0, 0.1) is 15.9 Å². The van der Waals surface area contributed by atoms with Gasteiger partial charge in [-0.3, -0.25) is 10.1 Å². The van der Waals surface area contributed by atoms with Crippen LogP contribution in [0.4, 0.5) is 34.6 Å². The number of anilines is 2. The van der Waals surface area contributed by atoms with Crippen molar-refractivity contribution in [3.8, 4) is 0 Å². The summed E-state index contributed by atoms with van der Waals surface area (Å²) >= 11 is 5.73. The second-order valence-corrected chi connectivity index (χ2v) is 6.41. The molecule has 1 aliphatic heterocycles. The van der Waals surface area contributed by atoms with Gasteiger partial charge in [0.25, 0.3) is 5.69 Å². The van der Waals surface area contributed by atoms with E-state index in [4.69, 9.17) is 11.6 Å². The third-order valence-corrected chi connectivity index (χ3v) is 4.69. The SMILES string of the molecule is O=[N+]([O-])c1cc(C(F)(F)F)c(Cl)cc1N1CCN(c2ccccc2F)CC1. The van der Waals surface area contributed by atoms with Gasteiger partial charge in [0.05, 0.1) is 21.2 Å². The number of nitro groups is 1. The number of rotatable bonds is 3. The molecule has 0 amide bonds. The number of hydrogen-bond acceptors (Lipinski definition) is 4. The van der Waals surface area contributed by atoms with Gasteiger partial charge in [-0.15, -0.1) is 0 Å². The average molecular weight is 404 g/mol. The zero-order chi connectivity index (χ0) is 19.8. The average Bonchev–Trinajstić information content (AvgIpc) is 2.61. The lowest BCUT2D eigenvalue weighted by molar-refractivity contribution is -0.384. The summed E-state index contributed by atoms with van der Waals surface area (Å²) in [5.41, 5.74) is -1.47. The largest absolute Gasteiger partial charge is 0.418 e. The number of nitrogens with zero attached hydrogens (tertiary/aromatic N) is 3. The van der Waals surface area contributed by atoms with Gasteiger partial charge in [0.15, 0.2) is 0 Å². The van der Waals surface area contributed by atoms with E-state index in [1.807, 2.05) is 0 Å². The molecule has 0 radical (unpaired) electrons. The Morgan fingerprint density at radius 1 is 1.00 bits per heavy atom. The first kappa shape index (κ1) is 19.2. The Hall–Kier alpha value is -2.55. The summed E-state index contributed by atoms with van der Waals surface area (Å²) in [6.45, 7) is 1.27. The molecule has 1 heterocycles. The number of para-hydroxylation sites is 1. The summed E-state index contributed by atoms with van der Waals surface area (Å²) in [4.78, 5) is 13.8. The van der Waals surface area contributed by atoms with E-state index in [0.717, 1.165) is 6.07 Å². The number of piperazine rings is 1. The Balaban J connectivity index is 1.87. The van der Waals surface area contributed by atoms with Gasteiger partial charge in [-0.2, -0.15) is 13.2 Å². The van der Waals surface area contributed by atoms with Crippen LogP contribution in [-0.4, -0.2) is 31.1 Å². The summed E-state index contributed by atoms with van der Waals surface area (Å²) in [6, 6.07) is 7.67. The summed E-state index contributed by atoms with van der Waals surface area (Å²) in [5.74, 6) is -0.380. The maximum atomic E-state index is 13.9. The highest BCUT2D eigenvalue weighted by atomic mass is 35.5. The van der Waals surface area contributed by atoms with Crippen molar-refractivity contribution in [1.29, 1.82) is 0 Å². The fourth-order valence-electron chi connectivity index (χ4n) is 3.06. The van der Waals surface area contributed by atoms with Crippen LogP contribution in [0.15, 0.2) is 36.4 Å². The van der Waals surface area contributed by atoms with Gasteiger partial charge in [-0.05, 0) is 18.2 Å². The molecule has 1 saturated heterocycles. The normalized spacial score (nSPS) is 15.1. The van der Waals surface area contributed by atoms with Gasteiger partial charge in [-0.25, -0.2) is 4.39 Å². The van der Waals surface area contributed by atoms with Crippen LogP contribution in [0.25, 0.3) is 0 Å². The Bertz CT molecular complexity index is 868. The molecule has 10 heteroatoms. The highest BCUT2D eigenvalue weighted by molar-refractivity contribution is 6.31. The molecule has 0 unspecified atom stereocenters. The number of nitro benzene ring substituents is 1. The highest BCUT2D eigenvalue weighted by Gasteiger charge is 2.37. The highest BCUT2D eigenvalue weighted by Crippen LogP contribution is 2.41. The number of hydrogen-bond donors (Lipinski definition) is 0. The van der Waals surface area contributed by atoms with E-state index < -0.39 is 27.4 Å². The Morgan fingerprint density at radius 3 is 2.07 bits per heavy atom. The maximum absolute atomic E-state index is 13.9. The van der Waals surface area contributed by atoms with E-state index in [0.29, 0.717) is 24.8 Å². The van der Waals surface area contributed by atoms with E-state index in [-0.39, 0.29) is 24.6 Å². The van der Waals surface area contributed by atoms with E-state index >= 15 is 0 Å². The molecule has 0 saturated carbocycles. The molecular formula is C17H14ClF4N3O2. The lowest BCUT2D eigenvalue weighted by Crippen LogP contribution is -2.47. The molecule has 0 atom stereocenters. The van der Waals surface area contributed by atoms with E-state index in [9.17, 15) is 27.7 Å². The molecule has 0 spiro atoms. The van der Waals surface area contributed by atoms with Gasteiger partial charge in [0.1, 0.15) is 11.5 Å². The molecule has 27 heavy (non-hydrogen) atoms. The molecular weight excluding hydrogens is 390 g/mol. The molecule has 3 rings (SSSR count). The van der Waals surface area contributed by atoms with Gasteiger partial charge >= 0.3 is 6.18 Å². The van der Waals surface area contributed by atoms with Crippen LogP contribution in [0.2, 0.25) is 5.02 Å². The first-order valence-corrected chi connectivity index (χ1v) is 8.36. The molecule has 144 valence electrons. The van der Waals surface area contributed by atoms with Crippen molar-refractivity contribution in [2.24, 2.45) is 0 Å². The van der Waals surface area contributed by atoms with E-state index in [1.54, 1.807) is 28.0 Å². The molecule has 2 aromatic carbocycles. The summed E-state index contributed by atoms with van der Waals surface area (Å²) in [7, 11) is 0. The van der Waals surface area contributed by atoms with E-state index in [1.165, 1.54) is 6.07 Å². The molecule has 0 bridgehead atoms. The predicted octanol–water partition coefficient (Wildman–Crippen LogP) is 4.73. The minimum Gasteiger partial charge on any atom is -0.366 e. The standard InChI is InChI=1S/C17H14ClF4N3O2/c18-12-10-15(16(25(26)27)9-11(12)17(20,21)22)24-7-5-23(6-8-24)14-4-2-1-3-13(14)19/h1-4,9-10H,5-8H2. The summed E-state index contributed by atoms with van der Waals surface area (Å²) < 4.78 is 52.8. The topological polar surface area (TPSA) is 49.6 Å². The van der Waals surface area contributed by atoms with Gasteiger partial charge < -0.3 is 9.80 Å². The zero-order valence-corrected chi connectivity index (χ0v) is 14.6. The quantitative estimate of drug-likeness (QED) is 0.422. The van der Waals surface area contributed by atoms with Crippen LogP contribution in [-0.2, 0) is 6.18 Å². The van der Waals surface area contributed by atoms with Crippen LogP contribution in [0.5, 0.6) is 0 Å². The van der Waals surface area contributed by atoms with E-state index in [2.05, 4.69) is 0 Å². The fraction of sp³-hybridized carbons (Fsp3) is 0.294. The minimum atomic E-state index is -4.79. The summed E-state index contributed by atoms with van der Waals surface area (Å²) in [6.07, 6.45) is -4.79. The summed E-state index contributed by atoms with van der Waals surface area (Å²) in [5, 5.41) is 10.7. The molecule has 1 aliphatic rings. The van der Waals surface area contributed by atoms with Crippen LogP contribution < -0.4 is 9.80 Å². The lowest BCUT2D eigenvalue weighted by Gasteiger charge is -2.37. The third kappa shape index (κ3) is 3.92. The van der Waals surface area contributed by atoms with Crippen molar-refractivity contribution in [3.63, 3.8) is 0 Å². The Morgan fingerprint density at radius 2 is 1.56 bits per heavy atom. The van der Waals surface area contributed by atoms with Gasteiger partial charge in [-0.1, -0.05) is 23.7 Å². The molecule has 0 aromatic heterocycles. The van der Waals surface area contributed by atoms with Crippen LogP contribution in [0.1, 0.15) is 5.56 Å². The molecule has 1 fully saturated rings. The van der Waals surface area contributed by atoms with Gasteiger partial charge in [0.2, 0.25) is 0 Å². The predicted molar refractivity (Wildman–Crippen MR) is 93.9 cm³/mol. The minimum absolute atomic E-state index is 0.0196. The van der Waals surface area contributed by atoms with Crippen molar-refractivity contribution in [2.75, 3.05) is 36.0 Å². The van der Waals surface area contributed by atoms with Crippen molar-refractivity contribution >= 4 is 28.7 Å². The molecule has 5 nitrogen and oxygen atoms in total. The Kier molecular flexibility index (Phi) is 5.14. The smallest absolute Gasteiger partial charge is 0.366 e. The number of benzene rings is 2. The monoisotopic (exact) mass is 403 g/mol. The second kappa shape index (κ2) is 7.22. The van der Waals surface area contributed by atoms with Crippen molar-refractivity contribution in [3.05, 3.63) is 62.9 Å². The first-order valence-electron chi connectivity index (χ1n) is 7.98.